The highest BCUT2D eigenvalue weighted by Crippen LogP contribution is 2.19. The maximum absolute atomic E-state index is 12.0. The molecule has 19 heavy (non-hydrogen) atoms. The van der Waals surface area contributed by atoms with E-state index in [1.807, 2.05) is 6.92 Å². The number of nitrogens with two attached hydrogens (primary N) is 1. The number of hydrogen-bond acceptors (Lipinski definition) is 4. The third-order valence-electron chi connectivity index (χ3n) is 3.02. The average Bonchev–Trinajstić information content (AvgIpc) is 2.73. The van der Waals surface area contributed by atoms with E-state index in [1.54, 1.807) is 17.0 Å². The van der Waals surface area contributed by atoms with Gasteiger partial charge in [0, 0.05) is 19.5 Å². The first-order valence-corrected chi connectivity index (χ1v) is 5.90. The standard InChI is InChI=1S/C12H16N4O2.ClH/c1-2-16-7-8(5-11(16)17)12(18)15-9-3-4-10(13)14-6-9;/h3-4,6,8H,2,5,7H2,1H3,(H2,13,14)(H,15,18);1H. The number of nitrogen functional groups attached to an aromatic ring is 1. The number of amides is 2. The van der Waals surface area contributed by atoms with Gasteiger partial charge in [0.05, 0.1) is 17.8 Å². The third kappa shape index (κ3) is 3.57. The van der Waals surface area contributed by atoms with Crippen LogP contribution < -0.4 is 11.1 Å². The van der Waals surface area contributed by atoms with E-state index >= 15 is 0 Å². The lowest BCUT2D eigenvalue weighted by molar-refractivity contribution is -0.128. The van der Waals surface area contributed by atoms with Gasteiger partial charge in [-0.15, -0.1) is 12.4 Å². The minimum atomic E-state index is -0.282. The number of rotatable bonds is 3. The van der Waals surface area contributed by atoms with Gasteiger partial charge in [-0.25, -0.2) is 4.98 Å². The summed E-state index contributed by atoms with van der Waals surface area (Å²) >= 11 is 0. The molecule has 0 bridgehead atoms. The second-order valence-electron chi connectivity index (χ2n) is 4.29. The first-order valence-electron chi connectivity index (χ1n) is 5.90. The Kier molecular flexibility index (Phi) is 5.11. The van der Waals surface area contributed by atoms with Gasteiger partial charge in [-0.1, -0.05) is 0 Å². The molecule has 2 heterocycles. The Morgan fingerprint density at radius 3 is 2.84 bits per heavy atom. The summed E-state index contributed by atoms with van der Waals surface area (Å²) in [6, 6.07) is 3.31. The van der Waals surface area contributed by atoms with E-state index in [1.165, 1.54) is 6.20 Å². The predicted molar refractivity (Wildman–Crippen MR) is 74.9 cm³/mol. The highest BCUT2D eigenvalue weighted by Gasteiger charge is 2.33. The van der Waals surface area contributed by atoms with Crippen molar-refractivity contribution in [1.82, 2.24) is 9.88 Å². The fourth-order valence-corrected chi connectivity index (χ4v) is 1.98. The maximum atomic E-state index is 12.0. The van der Waals surface area contributed by atoms with Crippen molar-refractivity contribution in [3.8, 4) is 0 Å². The van der Waals surface area contributed by atoms with Crippen LogP contribution in [0.2, 0.25) is 0 Å². The number of carbonyl (C=O) groups excluding carboxylic acids is 2. The molecular formula is C12H17ClN4O2. The van der Waals surface area contributed by atoms with Crippen molar-refractivity contribution < 1.29 is 9.59 Å². The number of nitrogens with zero attached hydrogens (tertiary/aromatic N) is 2. The van der Waals surface area contributed by atoms with Crippen LogP contribution >= 0.6 is 12.4 Å². The number of pyridine rings is 1. The highest BCUT2D eigenvalue weighted by atomic mass is 35.5. The summed E-state index contributed by atoms with van der Waals surface area (Å²) in [5.41, 5.74) is 6.05. The molecule has 1 unspecified atom stereocenters. The van der Waals surface area contributed by atoms with Gasteiger partial charge in [-0.3, -0.25) is 9.59 Å². The zero-order valence-corrected chi connectivity index (χ0v) is 11.4. The van der Waals surface area contributed by atoms with Gasteiger partial charge in [0.2, 0.25) is 11.8 Å². The summed E-state index contributed by atoms with van der Waals surface area (Å²) in [5, 5.41) is 2.74. The van der Waals surface area contributed by atoms with Gasteiger partial charge in [0.15, 0.2) is 0 Å². The van der Waals surface area contributed by atoms with Crippen molar-refractivity contribution in [3.05, 3.63) is 18.3 Å². The Balaban J connectivity index is 0.00000180. The number of hydrogen-bond donors (Lipinski definition) is 2. The van der Waals surface area contributed by atoms with Gasteiger partial charge < -0.3 is 16.0 Å². The topological polar surface area (TPSA) is 88.3 Å². The van der Waals surface area contributed by atoms with Crippen molar-refractivity contribution >= 4 is 35.7 Å². The SMILES string of the molecule is CCN1CC(C(=O)Nc2ccc(N)nc2)CC1=O.Cl. The van der Waals surface area contributed by atoms with Crippen molar-refractivity contribution in [3.63, 3.8) is 0 Å². The highest BCUT2D eigenvalue weighted by molar-refractivity contribution is 5.97. The second-order valence-corrected chi connectivity index (χ2v) is 4.29. The lowest BCUT2D eigenvalue weighted by atomic mass is 10.1. The molecule has 1 aliphatic heterocycles. The molecule has 2 amide bonds. The van der Waals surface area contributed by atoms with Crippen LogP contribution in [-0.4, -0.2) is 34.8 Å². The summed E-state index contributed by atoms with van der Waals surface area (Å²) in [4.78, 5) is 29.1. The van der Waals surface area contributed by atoms with Crippen molar-refractivity contribution in [2.24, 2.45) is 5.92 Å². The fraction of sp³-hybridized carbons (Fsp3) is 0.417. The molecule has 7 heteroatoms. The number of anilines is 2. The molecule has 2 rings (SSSR count). The molecule has 1 fully saturated rings. The number of carbonyl (C=O) groups is 2. The van der Waals surface area contributed by atoms with Crippen LogP contribution in [0.5, 0.6) is 0 Å². The molecule has 1 aliphatic rings. The quantitative estimate of drug-likeness (QED) is 0.863. The fourth-order valence-electron chi connectivity index (χ4n) is 1.98. The van der Waals surface area contributed by atoms with E-state index in [-0.39, 0.29) is 36.6 Å². The molecule has 1 aromatic rings. The Bertz CT molecular complexity index is 463. The summed E-state index contributed by atoms with van der Waals surface area (Å²) in [6.07, 6.45) is 1.78. The normalized spacial score (nSPS) is 18.1. The van der Waals surface area contributed by atoms with Crippen LogP contribution in [0.25, 0.3) is 0 Å². The molecule has 1 atom stereocenters. The molecule has 0 saturated carbocycles. The van der Waals surface area contributed by atoms with Crippen LogP contribution in [0.3, 0.4) is 0 Å². The van der Waals surface area contributed by atoms with E-state index in [9.17, 15) is 9.59 Å². The van der Waals surface area contributed by atoms with Crippen molar-refractivity contribution in [2.75, 3.05) is 24.1 Å². The monoisotopic (exact) mass is 284 g/mol. The molecule has 1 saturated heterocycles. The Morgan fingerprint density at radius 1 is 1.58 bits per heavy atom. The number of nitrogens with one attached hydrogen (secondary N) is 1. The van der Waals surface area contributed by atoms with E-state index in [0.717, 1.165) is 0 Å². The summed E-state index contributed by atoms with van der Waals surface area (Å²) in [6.45, 7) is 3.04. The molecule has 0 spiro atoms. The third-order valence-corrected chi connectivity index (χ3v) is 3.02. The van der Waals surface area contributed by atoms with E-state index in [0.29, 0.717) is 24.6 Å². The van der Waals surface area contributed by atoms with Gasteiger partial charge in [-0.05, 0) is 19.1 Å². The number of aromatic nitrogens is 1. The van der Waals surface area contributed by atoms with E-state index in [4.69, 9.17) is 5.73 Å². The van der Waals surface area contributed by atoms with Gasteiger partial charge in [0.25, 0.3) is 0 Å². The maximum Gasteiger partial charge on any atom is 0.229 e. The molecule has 1 aromatic heterocycles. The Labute approximate surface area is 117 Å². The molecule has 104 valence electrons. The molecular weight excluding hydrogens is 268 g/mol. The van der Waals surface area contributed by atoms with Crippen LogP contribution in [0.1, 0.15) is 13.3 Å². The van der Waals surface area contributed by atoms with Crippen molar-refractivity contribution in [1.29, 1.82) is 0 Å². The zero-order valence-electron chi connectivity index (χ0n) is 10.6. The predicted octanol–water partition coefficient (Wildman–Crippen LogP) is 0.893. The van der Waals surface area contributed by atoms with Crippen LogP contribution in [0.15, 0.2) is 18.3 Å². The summed E-state index contributed by atoms with van der Waals surface area (Å²) in [5.74, 6) is 0.00940. The zero-order chi connectivity index (χ0) is 13.1. The first-order chi connectivity index (χ1) is 8.60. The molecule has 0 aromatic carbocycles. The largest absolute Gasteiger partial charge is 0.384 e. The average molecular weight is 285 g/mol. The van der Waals surface area contributed by atoms with Crippen molar-refractivity contribution in [2.45, 2.75) is 13.3 Å². The summed E-state index contributed by atoms with van der Waals surface area (Å²) < 4.78 is 0. The van der Waals surface area contributed by atoms with Crippen LogP contribution in [0, 0.1) is 5.92 Å². The minimum Gasteiger partial charge on any atom is -0.384 e. The molecule has 0 radical (unpaired) electrons. The van der Waals surface area contributed by atoms with Gasteiger partial charge >= 0.3 is 0 Å². The summed E-state index contributed by atoms with van der Waals surface area (Å²) in [7, 11) is 0. The van der Waals surface area contributed by atoms with E-state index in [2.05, 4.69) is 10.3 Å². The van der Waals surface area contributed by atoms with Crippen LogP contribution in [-0.2, 0) is 9.59 Å². The Morgan fingerprint density at radius 2 is 2.32 bits per heavy atom. The number of halogens is 1. The Hall–Kier alpha value is -1.82. The molecule has 6 nitrogen and oxygen atoms in total. The lowest BCUT2D eigenvalue weighted by Gasteiger charge is -2.13. The minimum absolute atomic E-state index is 0. The van der Waals surface area contributed by atoms with Gasteiger partial charge in [-0.2, -0.15) is 0 Å². The first kappa shape index (κ1) is 15.2. The molecule has 0 aliphatic carbocycles. The number of likely N-dealkylation sites (tertiary alicyclic amines) is 1. The molecule has 3 N–H and O–H groups in total. The van der Waals surface area contributed by atoms with E-state index < -0.39 is 0 Å². The van der Waals surface area contributed by atoms with Crippen LogP contribution in [0.4, 0.5) is 11.5 Å². The smallest absolute Gasteiger partial charge is 0.229 e. The van der Waals surface area contributed by atoms with Gasteiger partial charge in [0.1, 0.15) is 5.82 Å². The second kappa shape index (κ2) is 6.38. The lowest BCUT2D eigenvalue weighted by Crippen LogP contribution is -2.28.